The molecule has 0 aromatic heterocycles. The van der Waals surface area contributed by atoms with Gasteiger partial charge in [0.25, 0.3) is 0 Å². The number of nitrogens with one attached hydrogen (secondary N) is 1. The number of Topliss-reactive ketones (excluding diaryl/α,β-unsaturated/α-hetero) is 1. The van der Waals surface area contributed by atoms with E-state index in [1.165, 1.54) is 6.92 Å². The summed E-state index contributed by atoms with van der Waals surface area (Å²) in [5, 5.41) is 2.90. The first-order chi connectivity index (χ1) is 10.0. The number of carbonyl (C=O) groups is 2. The van der Waals surface area contributed by atoms with Crippen molar-refractivity contribution in [3.8, 4) is 5.75 Å². The molecular weight excluding hydrogens is 266 g/mol. The molecule has 0 saturated heterocycles. The van der Waals surface area contributed by atoms with Crippen molar-refractivity contribution in [2.45, 2.75) is 47.0 Å². The van der Waals surface area contributed by atoms with Crippen molar-refractivity contribution in [3.63, 3.8) is 0 Å². The van der Waals surface area contributed by atoms with E-state index in [2.05, 4.69) is 5.32 Å². The molecule has 0 heterocycles. The summed E-state index contributed by atoms with van der Waals surface area (Å²) in [5.41, 5.74) is 1.15. The lowest BCUT2D eigenvalue weighted by Gasteiger charge is -2.16. The highest BCUT2D eigenvalue weighted by Crippen LogP contribution is 2.27. The van der Waals surface area contributed by atoms with Gasteiger partial charge in [0.15, 0.2) is 5.78 Å². The number of amides is 1. The van der Waals surface area contributed by atoms with Crippen LogP contribution in [0.2, 0.25) is 0 Å². The van der Waals surface area contributed by atoms with Gasteiger partial charge < -0.3 is 10.1 Å². The van der Waals surface area contributed by atoms with Crippen molar-refractivity contribution in [1.29, 1.82) is 0 Å². The molecule has 4 heteroatoms. The maximum absolute atomic E-state index is 12.2. The summed E-state index contributed by atoms with van der Waals surface area (Å²) in [4.78, 5) is 23.7. The van der Waals surface area contributed by atoms with Gasteiger partial charge >= 0.3 is 0 Å². The summed E-state index contributed by atoms with van der Waals surface area (Å²) in [6.45, 7) is 8.09. The molecule has 21 heavy (non-hydrogen) atoms. The van der Waals surface area contributed by atoms with Gasteiger partial charge in [0.2, 0.25) is 5.91 Å². The Kier molecular flexibility index (Phi) is 6.92. The van der Waals surface area contributed by atoms with Gasteiger partial charge in [0.05, 0.1) is 12.3 Å². The van der Waals surface area contributed by atoms with Crippen LogP contribution in [-0.2, 0) is 4.79 Å². The number of ether oxygens (including phenoxy) is 1. The molecule has 0 saturated carbocycles. The Balaban J connectivity index is 3.01. The Bertz CT molecular complexity index is 493. The van der Waals surface area contributed by atoms with Gasteiger partial charge in [-0.05, 0) is 44.4 Å². The third-order valence-corrected chi connectivity index (χ3v) is 3.46. The van der Waals surface area contributed by atoms with E-state index < -0.39 is 0 Å². The van der Waals surface area contributed by atoms with E-state index in [1.54, 1.807) is 18.2 Å². The Morgan fingerprint density at radius 1 is 1.19 bits per heavy atom. The molecule has 0 aliphatic rings. The maximum atomic E-state index is 12.2. The monoisotopic (exact) mass is 291 g/mol. The summed E-state index contributed by atoms with van der Waals surface area (Å²) in [6, 6.07) is 5.16. The van der Waals surface area contributed by atoms with Crippen LogP contribution in [0.1, 0.15) is 57.3 Å². The van der Waals surface area contributed by atoms with Crippen LogP contribution in [0.3, 0.4) is 0 Å². The smallest absolute Gasteiger partial charge is 0.227 e. The molecule has 1 amide bonds. The maximum Gasteiger partial charge on any atom is 0.227 e. The lowest BCUT2D eigenvalue weighted by molar-refractivity contribution is -0.120. The largest absolute Gasteiger partial charge is 0.491 e. The lowest BCUT2D eigenvalue weighted by Crippen LogP contribution is -2.22. The lowest BCUT2D eigenvalue weighted by atomic mass is 10.0. The number of carbonyl (C=O) groups excluding carboxylic acids is 2. The number of rotatable bonds is 8. The highest BCUT2D eigenvalue weighted by molar-refractivity contribution is 5.98. The quantitative estimate of drug-likeness (QED) is 0.735. The standard InChI is InChI=1S/C17H25NO3/c1-5-10-21-16-9-8-14(12(4)19)11-15(16)18-17(20)13(6-2)7-3/h8-9,11,13H,5-7,10H2,1-4H3,(H,18,20). The van der Waals surface area contributed by atoms with Crippen molar-refractivity contribution in [2.24, 2.45) is 5.92 Å². The van der Waals surface area contributed by atoms with Crippen molar-refractivity contribution >= 4 is 17.4 Å². The van der Waals surface area contributed by atoms with Crippen LogP contribution < -0.4 is 10.1 Å². The number of hydrogen-bond donors (Lipinski definition) is 1. The van der Waals surface area contributed by atoms with Crippen molar-refractivity contribution < 1.29 is 14.3 Å². The fourth-order valence-electron chi connectivity index (χ4n) is 2.08. The van der Waals surface area contributed by atoms with E-state index in [4.69, 9.17) is 4.74 Å². The second kappa shape index (κ2) is 8.45. The molecule has 0 radical (unpaired) electrons. The highest BCUT2D eigenvalue weighted by atomic mass is 16.5. The molecular formula is C17H25NO3. The fourth-order valence-corrected chi connectivity index (χ4v) is 2.08. The van der Waals surface area contributed by atoms with Gasteiger partial charge in [-0.1, -0.05) is 20.8 Å². The average molecular weight is 291 g/mol. The van der Waals surface area contributed by atoms with Gasteiger partial charge in [-0.3, -0.25) is 9.59 Å². The average Bonchev–Trinajstić information content (AvgIpc) is 2.47. The van der Waals surface area contributed by atoms with Crippen LogP contribution in [0, 0.1) is 5.92 Å². The summed E-state index contributed by atoms with van der Waals surface area (Å²) < 4.78 is 5.64. The van der Waals surface area contributed by atoms with Crippen molar-refractivity contribution in [2.75, 3.05) is 11.9 Å². The fraction of sp³-hybridized carbons (Fsp3) is 0.529. The van der Waals surface area contributed by atoms with E-state index in [0.29, 0.717) is 23.6 Å². The van der Waals surface area contributed by atoms with Gasteiger partial charge in [0, 0.05) is 11.5 Å². The Morgan fingerprint density at radius 2 is 1.86 bits per heavy atom. The number of hydrogen-bond acceptors (Lipinski definition) is 3. The first-order valence-corrected chi connectivity index (χ1v) is 7.62. The molecule has 0 aliphatic carbocycles. The summed E-state index contributed by atoms with van der Waals surface area (Å²) in [5.74, 6) is 0.531. The summed E-state index contributed by atoms with van der Waals surface area (Å²) >= 11 is 0. The molecule has 0 spiro atoms. The van der Waals surface area contributed by atoms with E-state index in [0.717, 1.165) is 19.3 Å². The first kappa shape index (κ1) is 17.2. The zero-order chi connectivity index (χ0) is 15.8. The van der Waals surface area contributed by atoms with Crippen LogP contribution in [0.4, 0.5) is 5.69 Å². The molecule has 1 rings (SSSR count). The van der Waals surface area contributed by atoms with Gasteiger partial charge in [-0.2, -0.15) is 0 Å². The summed E-state index contributed by atoms with van der Waals surface area (Å²) in [7, 11) is 0. The van der Waals surface area contributed by atoms with Gasteiger partial charge in [-0.25, -0.2) is 0 Å². The molecule has 1 N–H and O–H groups in total. The number of benzene rings is 1. The van der Waals surface area contributed by atoms with E-state index in [1.807, 2.05) is 20.8 Å². The van der Waals surface area contributed by atoms with Crippen LogP contribution in [-0.4, -0.2) is 18.3 Å². The molecule has 116 valence electrons. The van der Waals surface area contributed by atoms with Crippen molar-refractivity contribution in [1.82, 2.24) is 0 Å². The predicted octanol–water partition coefficient (Wildman–Crippen LogP) is 4.05. The SMILES string of the molecule is CCCOc1ccc(C(C)=O)cc1NC(=O)C(CC)CC. The van der Waals surface area contributed by atoms with Crippen LogP contribution >= 0.6 is 0 Å². The normalized spacial score (nSPS) is 10.5. The van der Waals surface area contributed by atoms with Crippen LogP contribution in [0.25, 0.3) is 0 Å². The number of anilines is 1. The number of ketones is 1. The van der Waals surface area contributed by atoms with Crippen LogP contribution in [0.15, 0.2) is 18.2 Å². The molecule has 1 aromatic carbocycles. The highest BCUT2D eigenvalue weighted by Gasteiger charge is 2.17. The van der Waals surface area contributed by atoms with Crippen molar-refractivity contribution in [3.05, 3.63) is 23.8 Å². The van der Waals surface area contributed by atoms with E-state index >= 15 is 0 Å². The van der Waals surface area contributed by atoms with Crippen LogP contribution in [0.5, 0.6) is 5.75 Å². The Labute approximate surface area is 126 Å². The third kappa shape index (κ3) is 4.88. The first-order valence-electron chi connectivity index (χ1n) is 7.62. The van der Waals surface area contributed by atoms with E-state index in [9.17, 15) is 9.59 Å². The molecule has 0 aliphatic heterocycles. The molecule has 0 unspecified atom stereocenters. The molecule has 1 aromatic rings. The molecule has 4 nitrogen and oxygen atoms in total. The Morgan fingerprint density at radius 3 is 2.38 bits per heavy atom. The third-order valence-electron chi connectivity index (χ3n) is 3.46. The second-order valence-electron chi connectivity index (χ2n) is 5.12. The summed E-state index contributed by atoms with van der Waals surface area (Å²) in [6.07, 6.45) is 2.47. The minimum atomic E-state index is -0.0323. The zero-order valence-corrected chi connectivity index (χ0v) is 13.4. The molecule has 0 atom stereocenters. The van der Waals surface area contributed by atoms with Gasteiger partial charge in [-0.15, -0.1) is 0 Å². The van der Waals surface area contributed by atoms with E-state index in [-0.39, 0.29) is 17.6 Å². The topological polar surface area (TPSA) is 55.4 Å². The molecule has 0 bridgehead atoms. The Hall–Kier alpha value is -1.84. The molecule has 0 fully saturated rings. The minimum Gasteiger partial charge on any atom is -0.491 e. The second-order valence-corrected chi connectivity index (χ2v) is 5.12. The predicted molar refractivity (Wildman–Crippen MR) is 84.9 cm³/mol. The zero-order valence-electron chi connectivity index (χ0n) is 13.4. The van der Waals surface area contributed by atoms with Gasteiger partial charge in [0.1, 0.15) is 5.75 Å². The minimum absolute atomic E-state index is 0.0231.